The van der Waals surface area contributed by atoms with Gasteiger partial charge in [-0.2, -0.15) is 0 Å². The average Bonchev–Trinajstić information content (AvgIpc) is 2.94. The molecule has 0 unspecified atom stereocenters. The van der Waals surface area contributed by atoms with Crippen molar-refractivity contribution in [2.24, 2.45) is 16.3 Å². The third kappa shape index (κ3) is 3.76. The fraction of sp³-hybridized carbons (Fsp3) is 0.944. The Bertz CT molecular complexity index is 379. The lowest BCUT2D eigenvalue weighted by Gasteiger charge is -2.34. The summed E-state index contributed by atoms with van der Waals surface area (Å²) in [5.41, 5.74) is 0.615. The molecule has 4 nitrogen and oxygen atoms in total. The Kier molecular flexibility index (Phi) is 5.27. The molecule has 2 heterocycles. The summed E-state index contributed by atoms with van der Waals surface area (Å²) in [6.07, 6.45) is 11.2. The minimum atomic E-state index is 0.615. The molecular formula is C18H34N4. The van der Waals surface area contributed by atoms with Gasteiger partial charge in [0.05, 0.1) is 0 Å². The van der Waals surface area contributed by atoms with E-state index >= 15 is 0 Å². The van der Waals surface area contributed by atoms with Gasteiger partial charge in [0, 0.05) is 26.7 Å². The topological polar surface area (TPSA) is 30.9 Å². The van der Waals surface area contributed by atoms with Crippen molar-refractivity contribution in [3.63, 3.8) is 0 Å². The average molecular weight is 306 g/mol. The molecule has 1 saturated carbocycles. The van der Waals surface area contributed by atoms with Gasteiger partial charge in [0.2, 0.25) is 0 Å². The Balaban J connectivity index is 1.48. The Labute approximate surface area is 136 Å². The Hall–Kier alpha value is -0.770. The van der Waals surface area contributed by atoms with Gasteiger partial charge < -0.3 is 15.1 Å². The summed E-state index contributed by atoms with van der Waals surface area (Å²) < 4.78 is 0. The molecule has 3 rings (SSSR count). The van der Waals surface area contributed by atoms with Crippen LogP contribution in [0.4, 0.5) is 0 Å². The van der Waals surface area contributed by atoms with Crippen LogP contribution in [-0.2, 0) is 0 Å². The second kappa shape index (κ2) is 7.20. The zero-order chi connectivity index (χ0) is 15.4. The zero-order valence-electron chi connectivity index (χ0n) is 14.6. The van der Waals surface area contributed by atoms with Crippen LogP contribution in [-0.4, -0.2) is 62.6 Å². The van der Waals surface area contributed by atoms with E-state index in [9.17, 15) is 0 Å². The molecule has 3 fully saturated rings. The SMILES string of the molecule is CN=C(NCC1CCN(C)CC1)N1CCC2(CCCCC2)C1. The van der Waals surface area contributed by atoms with Gasteiger partial charge in [0.25, 0.3) is 0 Å². The van der Waals surface area contributed by atoms with Crippen molar-refractivity contribution in [3.05, 3.63) is 0 Å². The van der Waals surface area contributed by atoms with Gasteiger partial charge >= 0.3 is 0 Å². The summed E-state index contributed by atoms with van der Waals surface area (Å²) in [4.78, 5) is 9.54. The number of nitrogens with one attached hydrogen (secondary N) is 1. The van der Waals surface area contributed by atoms with Gasteiger partial charge in [0.15, 0.2) is 5.96 Å². The molecule has 3 aliphatic rings. The van der Waals surface area contributed by atoms with Gasteiger partial charge in [-0.1, -0.05) is 19.3 Å². The highest BCUT2D eigenvalue weighted by Gasteiger charge is 2.39. The van der Waals surface area contributed by atoms with E-state index < -0.39 is 0 Å². The maximum atomic E-state index is 4.57. The molecule has 0 aromatic heterocycles. The number of piperidine rings is 1. The van der Waals surface area contributed by atoms with Crippen LogP contribution in [0.5, 0.6) is 0 Å². The van der Waals surface area contributed by atoms with Gasteiger partial charge in [-0.3, -0.25) is 4.99 Å². The summed E-state index contributed by atoms with van der Waals surface area (Å²) in [7, 11) is 4.18. The Morgan fingerprint density at radius 1 is 1.09 bits per heavy atom. The van der Waals surface area contributed by atoms with E-state index in [4.69, 9.17) is 0 Å². The second-order valence-electron chi connectivity index (χ2n) is 7.91. The molecule has 1 N–H and O–H groups in total. The van der Waals surface area contributed by atoms with Crippen LogP contribution in [0.2, 0.25) is 0 Å². The van der Waals surface area contributed by atoms with Crippen LogP contribution in [0.1, 0.15) is 51.4 Å². The molecule has 0 bridgehead atoms. The zero-order valence-corrected chi connectivity index (χ0v) is 14.6. The van der Waals surface area contributed by atoms with Crippen molar-refractivity contribution in [1.82, 2.24) is 15.1 Å². The predicted octanol–water partition coefficient (Wildman–Crippen LogP) is 2.56. The molecule has 1 spiro atoms. The van der Waals surface area contributed by atoms with Gasteiger partial charge in [-0.25, -0.2) is 0 Å². The molecule has 0 atom stereocenters. The first-order chi connectivity index (χ1) is 10.7. The van der Waals surface area contributed by atoms with Crippen molar-refractivity contribution in [2.75, 3.05) is 46.8 Å². The lowest BCUT2D eigenvalue weighted by atomic mass is 9.73. The predicted molar refractivity (Wildman–Crippen MR) is 93.3 cm³/mol. The van der Waals surface area contributed by atoms with Crippen molar-refractivity contribution in [2.45, 2.75) is 51.4 Å². The number of rotatable bonds is 2. The largest absolute Gasteiger partial charge is 0.356 e. The fourth-order valence-electron chi connectivity index (χ4n) is 4.66. The van der Waals surface area contributed by atoms with Crippen LogP contribution >= 0.6 is 0 Å². The van der Waals surface area contributed by atoms with Gasteiger partial charge in [0.1, 0.15) is 0 Å². The first-order valence-electron chi connectivity index (χ1n) is 9.35. The number of likely N-dealkylation sites (tertiary alicyclic amines) is 2. The van der Waals surface area contributed by atoms with E-state index in [1.54, 1.807) is 0 Å². The maximum absolute atomic E-state index is 4.57. The minimum absolute atomic E-state index is 0.615. The van der Waals surface area contributed by atoms with Crippen molar-refractivity contribution in [1.29, 1.82) is 0 Å². The standard InChI is InChI=1S/C18H34N4/c1-19-17(20-14-16-6-11-21(2)12-7-16)22-13-10-18(15-22)8-4-3-5-9-18/h16H,3-15H2,1-2H3,(H,19,20). The molecule has 4 heteroatoms. The van der Waals surface area contributed by atoms with Gasteiger partial charge in [-0.05, 0) is 63.6 Å². The Morgan fingerprint density at radius 2 is 1.82 bits per heavy atom. The second-order valence-corrected chi connectivity index (χ2v) is 7.91. The van der Waals surface area contributed by atoms with Crippen LogP contribution in [0.3, 0.4) is 0 Å². The highest BCUT2D eigenvalue weighted by molar-refractivity contribution is 5.80. The summed E-state index contributed by atoms with van der Waals surface area (Å²) in [5.74, 6) is 1.97. The van der Waals surface area contributed by atoms with E-state index in [0.717, 1.165) is 18.4 Å². The highest BCUT2D eigenvalue weighted by atomic mass is 15.3. The van der Waals surface area contributed by atoms with Crippen molar-refractivity contribution in [3.8, 4) is 0 Å². The molecule has 0 radical (unpaired) electrons. The number of hydrogen-bond donors (Lipinski definition) is 1. The van der Waals surface area contributed by atoms with Crippen molar-refractivity contribution < 1.29 is 0 Å². The van der Waals surface area contributed by atoms with E-state index in [1.165, 1.54) is 77.5 Å². The molecule has 1 aliphatic carbocycles. The number of guanidine groups is 1. The van der Waals surface area contributed by atoms with Crippen LogP contribution < -0.4 is 5.32 Å². The van der Waals surface area contributed by atoms with Gasteiger partial charge in [-0.15, -0.1) is 0 Å². The quantitative estimate of drug-likeness (QED) is 0.628. The normalized spacial score (nSPS) is 27.5. The summed E-state index contributed by atoms with van der Waals surface area (Å²) >= 11 is 0. The lowest BCUT2D eigenvalue weighted by Crippen LogP contribution is -2.44. The van der Waals surface area contributed by atoms with Crippen LogP contribution in [0.25, 0.3) is 0 Å². The summed E-state index contributed by atoms with van der Waals surface area (Å²) in [6.45, 7) is 6.03. The Morgan fingerprint density at radius 3 is 2.50 bits per heavy atom. The van der Waals surface area contributed by atoms with E-state index in [0.29, 0.717) is 5.41 Å². The molecule has 2 aliphatic heterocycles. The van der Waals surface area contributed by atoms with Crippen LogP contribution in [0, 0.1) is 11.3 Å². The van der Waals surface area contributed by atoms with Crippen molar-refractivity contribution >= 4 is 5.96 Å². The third-order valence-corrected chi connectivity index (χ3v) is 6.25. The first-order valence-corrected chi connectivity index (χ1v) is 9.35. The third-order valence-electron chi connectivity index (χ3n) is 6.25. The molecule has 0 amide bonds. The summed E-state index contributed by atoms with van der Waals surface area (Å²) in [5, 5.41) is 3.68. The lowest BCUT2D eigenvalue weighted by molar-refractivity contribution is 0.202. The maximum Gasteiger partial charge on any atom is 0.193 e. The van der Waals surface area contributed by atoms with E-state index in [1.807, 2.05) is 7.05 Å². The molecule has 0 aromatic carbocycles. The van der Waals surface area contributed by atoms with E-state index in [-0.39, 0.29) is 0 Å². The number of aliphatic imine (C=N–C) groups is 1. The number of hydrogen-bond acceptors (Lipinski definition) is 2. The molecular weight excluding hydrogens is 272 g/mol. The van der Waals surface area contributed by atoms with Crippen LogP contribution in [0.15, 0.2) is 4.99 Å². The highest BCUT2D eigenvalue weighted by Crippen LogP contribution is 2.43. The first kappa shape index (κ1) is 16.1. The minimum Gasteiger partial charge on any atom is -0.356 e. The smallest absolute Gasteiger partial charge is 0.193 e. The monoisotopic (exact) mass is 306 g/mol. The molecule has 22 heavy (non-hydrogen) atoms. The number of nitrogens with zero attached hydrogens (tertiary/aromatic N) is 3. The fourth-order valence-corrected chi connectivity index (χ4v) is 4.66. The molecule has 0 aromatic rings. The molecule has 2 saturated heterocycles. The van der Waals surface area contributed by atoms with E-state index in [2.05, 4.69) is 27.2 Å². The summed E-state index contributed by atoms with van der Waals surface area (Å²) in [6, 6.07) is 0. The molecule has 126 valence electrons.